The Morgan fingerprint density at radius 1 is 0.912 bits per heavy atom. The lowest BCUT2D eigenvalue weighted by Gasteiger charge is -2.47. The molecule has 0 spiro atoms. The van der Waals surface area contributed by atoms with Gasteiger partial charge in [-0.1, -0.05) is 57.6 Å². The van der Waals surface area contributed by atoms with Crippen molar-refractivity contribution in [1.29, 1.82) is 0 Å². The normalized spacial score (nSPS) is 36.0. The molecule has 0 radical (unpaired) electrons. The lowest BCUT2D eigenvalue weighted by Crippen LogP contribution is -2.64. The Morgan fingerprint density at radius 2 is 1.56 bits per heavy atom. The maximum atomic E-state index is 14.5. The molecule has 15 heteroatoms. The molecule has 3 aliphatic heterocycles. The number of allylic oxidation sites excluding steroid dienone is 3. The first-order chi connectivity index (χ1) is 32.2. The van der Waals surface area contributed by atoms with E-state index in [1.54, 1.807) is 46.9 Å². The molecule has 68 heavy (non-hydrogen) atoms. The van der Waals surface area contributed by atoms with Crippen molar-refractivity contribution in [2.75, 3.05) is 34.5 Å². The van der Waals surface area contributed by atoms with Gasteiger partial charge in [0, 0.05) is 52.0 Å². The number of aliphatic hydroxyl groups is 3. The van der Waals surface area contributed by atoms with Crippen LogP contribution in [-0.4, -0.2) is 133 Å². The number of ether oxygens (including phenoxy) is 6. The van der Waals surface area contributed by atoms with Crippen LogP contribution < -0.4 is 0 Å². The third-order valence-electron chi connectivity index (χ3n) is 15.2. The maximum Gasteiger partial charge on any atom is 0.329 e. The highest BCUT2D eigenvalue weighted by atomic mass is 19.1. The number of hydrogen-bond acceptors (Lipinski definition) is 13. The number of cyclic esters (lactones) is 1. The van der Waals surface area contributed by atoms with Crippen molar-refractivity contribution in [3.05, 3.63) is 57.9 Å². The Balaban J connectivity index is 1.44. The molecule has 2 saturated heterocycles. The number of benzene rings is 1. The third-order valence-corrected chi connectivity index (χ3v) is 15.2. The van der Waals surface area contributed by atoms with Crippen LogP contribution in [0.5, 0.6) is 0 Å². The summed E-state index contributed by atoms with van der Waals surface area (Å²) in [6.07, 6.45) is 2.67. The zero-order valence-electron chi connectivity index (χ0n) is 42.3. The van der Waals surface area contributed by atoms with Gasteiger partial charge in [0.15, 0.2) is 0 Å². The molecule has 0 aromatic heterocycles. The van der Waals surface area contributed by atoms with E-state index in [4.69, 9.17) is 28.4 Å². The average Bonchev–Trinajstić information content (AvgIpc) is 3.31. The van der Waals surface area contributed by atoms with E-state index < -0.39 is 83.9 Å². The highest BCUT2D eigenvalue weighted by Gasteiger charge is 2.56. The minimum atomic E-state index is -2.53. The molecule has 3 fully saturated rings. The first kappa shape index (κ1) is 55.5. The maximum absolute atomic E-state index is 14.5. The standard InChI is InChI=1S/C53H80FNO13/c1-12-37-20-29(2)19-30(3)21-45(64-10)49-46(65-11)25-34(7)53(62,68-49)50(59)51(60)55-18-14-13-15-39(55)52(61)67-48(35(8)40(56)27-41(37)57)33(6)22-36-16-17-43(44(26-36)63-9)66-28-42(58)38-23-31(4)47(54)32(5)24-38/h20,22-24,30,34-37,39-40,42-46,48-49,56,58,62H,12-19,21,25-28H2,1-11H3. The van der Waals surface area contributed by atoms with Gasteiger partial charge in [0.05, 0.1) is 37.1 Å². The van der Waals surface area contributed by atoms with Crippen LogP contribution in [0.3, 0.4) is 0 Å². The summed E-state index contributed by atoms with van der Waals surface area (Å²) in [5.41, 5.74) is 3.08. The van der Waals surface area contributed by atoms with Crippen molar-refractivity contribution < 1.29 is 67.3 Å². The number of ketones is 2. The second kappa shape index (κ2) is 24.6. The zero-order chi connectivity index (χ0) is 50.2. The fourth-order valence-corrected chi connectivity index (χ4v) is 11.0. The van der Waals surface area contributed by atoms with Crippen LogP contribution in [-0.2, 0) is 47.6 Å². The molecular weight excluding hydrogens is 878 g/mol. The lowest BCUT2D eigenvalue weighted by molar-refractivity contribution is -0.302. The van der Waals surface area contributed by atoms with Crippen LogP contribution >= 0.6 is 0 Å². The monoisotopic (exact) mass is 958 g/mol. The number of aryl methyl sites for hydroxylation is 2. The minimum Gasteiger partial charge on any atom is -0.456 e. The first-order valence-electron chi connectivity index (χ1n) is 24.8. The summed E-state index contributed by atoms with van der Waals surface area (Å²) < 4.78 is 50.8. The largest absolute Gasteiger partial charge is 0.456 e. The van der Waals surface area contributed by atoms with Crippen molar-refractivity contribution in [3.8, 4) is 0 Å². The van der Waals surface area contributed by atoms with Gasteiger partial charge in [0.2, 0.25) is 5.79 Å². The molecule has 3 heterocycles. The molecule has 3 N–H and O–H groups in total. The fraction of sp³-hybridized carbons (Fsp3) is 0.736. The number of methoxy groups -OCH3 is 3. The number of piperidine rings is 1. The van der Waals surface area contributed by atoms with Crippen LogP contribution in [0.15, 0.2) is 35.4 Å². The van der Waals surface area contributed by atoms with E-state index in [0.717, 1.165) is 5.57 Å². The van der Waals surface area contributed by atoms with Crippen molar-refractivity contribution in [2.24, 2.45) is 29.6 Å². The smallest absolute Gasteiger partial charge is 0.329 e. The number of carbonyl (C=O) groups is 4. The molecule has 1 aromatic carbocycles. The van der Waals surface area contributed by atoms with Crippen LogP contribution in [0.2, 0.25) is 0 Å². The number of aliphatic hydroxyl groups excluding tert-OH is 2. The summed E-state index contributed by atoms with van der Waals surface area (Å²) >= 11 is 0. The number of rotatable bonds is 10. The van der Waals surface area contributed by atoms with Crippen LogP contribution in [0, 0.1) is 49.3 Å². The first-order valence-corrected chi connectivity index (χ1v) is 24.8. The van der Waals surface area contributed by atoms with Gasteiger partial charge < -0.3 is 48.6 Å². The minimum absolute atomic E-state index is 0.00516. The van der Waals surface area contributed by atoms with E-state index in [1.165, 1.54) is 19.1 Å². The quantitative estimate of drug-likeness (QED) is 0.124. The summed E-state index contributed by atoms with van der Waals surface area (Å²) in [6.45, 7) is 14.5. The average molecular weight is 958 g/mol. The molecule has 14 nitrogen and oxygen atoms in total. The molecule has 1 aliphatic carbocycles. The Kier molecular flexibility index (Phi) is 20.1. The number of hydrogen-bond donors (Lipinski definition) is 3. The number of nitrogens with zero attached hydrogens (tertiary/aromatic N) is 1. The Hall–Kier alpha value is -3.41. The van der Waals surface area contributed by atoms with Crippen molar-refractivity contribution in [1.82, 2.24) is 4.90 Å². The van der Waals surface area contributed by atoms with Gasteiger partial charge in [0.1, 0.15) is 36.0 Å². The highest BCUT2D eigenvalue weighted by Crippen LogP contribution is 2.40. The molecule has 1 saturated carbocycles. The van der Waals surface area contributed by atoms with Gasteiger partial charge in [0.25, 0.3) is 11.7 Å². The Bertz CT molecular complexity index is 1950. The highest BCUT2D eigenvalue weighted by molar-refractivity contribution is 6.39. The topological polar surface area (TPSA) is 188 Å². The molecule has 15 atom stereocenters. The van der Waals surface area contributed by atoms with E-state index in [0.29, 0.717) is 73.6 Å². The fourth-order valence-electron chi connectivity index (χ4n) is 11.0. The summed E-state index contributed by atoms with van der Waals surface area (Å²) in [4.78, 5) is 58.4. The number of Topliss-reactive ketones (excluding diaryl/α,β-unsaturated/α-hetero) is 2. The molecule has 4 aliphatic rings. The molecule has 15 unspecified atom stereocenters. The number of carbonyl (C=O) groups excluding carboxylic acids is 4. The van der Waals surface area contributed by atoms with Crippen molar-refractivity contribution >= 4 is 23.4 Å². The second-order valence-electron chi connectivity index (χ2n) is 20.4. The van der Waals surface area contributed by atoms with Gasteiger partial charge in [-0.2, -0.15) is 0 Å². The van der Waals surface area contributed by atoms with Crippen LogP contribution in [0.25, 0.3) is 0 Å². The number of halogens is 1. The summed E-state index contributed by atoms with van der Waals surface area (Å²) in [5, 5.41) is 34.9. The molecule has 2 bridgehead atoms. The predicted molar refractivity (Wildman–Crippen MR) is 253 cm³/mol. The van der Waals surface area contributed by atoms with E-state index >= 15 is 0 Å². The van der Waals surface area contributed by atoms with E-state index in [1.807, 2.05) is 39.8 Å². The number of amides is 1. The van der Waals surface area contributed by atoms with Gasteiger partial charge in [-0.05, 0) is 126 Å². The van der Waals surface area contributed by atoms with Crippen molar-refractivity contribution in [3.63, 3.8) is 0 Å². The van der Waals surface area contributed by atoms with Gasteiger partial charge in [-0.25, -0.2) is 9.18 Å². The molecule has 382 valence electrons. The van der Waals surface area contributed by atoms with Gasteiger partial charge in [-0.3, -0.25) is 14.4 Å². The van der Waals surface area contributed by atoms with E-state index in [2.05, 4.69) is 0 Å². The Morgan fingerprint density at radius 3 is 2.19 bits per heavy atom. The summed E-state index contributed by atoms with van der Waals surface area (Å²) in [6, 6.07) is 2.07. The van der Waals surface area contributed by atoms with Gasteiger partial charge in [-0.15, -0.1) is 0 Å². The van der Waals surface area contributed by atoms with E-state index in [-0.39, 0.29) is 68.1 Å². The summed E-state index contributed by atoms with van der Waals surface area (Å²) in [5.74, 6) is -8.11. The van der Waals surface area contributed by atoms with Crippen LogP contribution in [0.1, 0.15) is 135 Å². The van der Waals surface area contributed by atoms with Gasteiger partial charge >= 0.3 is 5.97 Å². The Labute approximate surface area is 403 Å². The lowest BCUT2D eigenvalue weighted by atomic mass is 9.81. The molecule has 1 amide bonds. The number of fused-ring (bicyclic) bond motifs is 3. The molecule has 5 rings (SSSR count). The summed E-state index contributed by atoms with van der Waals surface area (Å²) in [7, 11) is 4.66. The molecular formula is C53H80FNO13. The van der Waals surface area contributed by atoms with Crippen molar-refractivity contribution in [2.45, 2.75) is 187 Å². The second-order valence-corrected chi connectivity index (χ2v) is 20.4. The third kappa shape index (κ3) is 13.1. The van der Waals surface area contributed by atoms with Crippen LogP contribution in [0.4, 0.5) is 4.39 Å². The predicted octanol–water partition coefficient (Wildman–Crippen LogP) is 6.99. The SMILES string of the molecule is CCC1C=C(C)CC(C)CC(OC)C2OC(O)(C(=O)C(=O)N3CCCCC3C(=O)OC(C(C)=CC3CCC(OCC(O)c4cc(C)c(F)c(C)c4)C(OC)C3)C(C)C(O)CC1=O)C(C)CC2OC. The van der Waals surface area contributed by atoms with E-state index in [9.17, 15) is 38.9 Å². The number of esters is 1. The molecule has 1 aromatic rings. The zero-order valence-corrected chi connectivity index (χ0v) is 42.3.